The van der Waals surface area contributed by atoms with E-state index in [2.05, 4.69) is 20.9 Å². The molecule has 5 atom stereocenters. The Morgan fingerprint density at radius 1 is 1.17 bits per heavy atom. The third kappa shape index (κ3) is 4.26. The van der Waals surface area contributed by atoms with Gasteiger partial charge in [0.2, 0.25) is 5.88 Å². The first kappa shape index (κ1) is 22.4. The van der Waals surface area contributed by atoms with Crippen LogP contribution in [0.15, 0.2) is 59.3 Å². The quantitative estimate of drug-likeness (QED) is 0.506. The highest BCUT2D eigenvalue weighted by Crippen LogP contribution is 2.48. The number of ether oxygens (including phenoxy) is 1. The van der Waals surface area contributed by atoms with E-state index >= 15 is 0 Å². The van der Waals surface area contributed by atoms with E-state index in [1.807, 2.05) is 36.4 Å². The lowest BCUT2D eigenvalue weighted by Gasteiger charge is -2.45. The van der Waals surface area contributed by atoms with Crippen LogP contribution in [0.2, 0.25) is 0 Å². The maximum atomic E-state index is 13.3. The van der Waals surface area contributed by atoms with Gasteiger partial charge in [0.25, 0.3) is 5.91 Å². The molecular formula is C25H28N6O3S. The molecule has 2 saturated heterocycles. The third-order valence-electron chi connectivity index (χ3n) is 7.12. The smallest absolute Gasteiger partial charge is 0.326 e. The molecule has 3 amide bonds. The number of piperidine rings is 1. The molecule has 10 heteroatoms. The number of carbonyl (C=O) groups excluding carboxylic acids is 2. The minimum Gasteiger partial charge on any atom is -0.439 e. The van der Waals surface area contributed by atoms with E-state index in [-0.39, 0.29) is 41.4 Å². The van der Waals surface area contributed by atoms with Crippen molar-refractivity contribution in [3.05, 3.63) is 59.3 Å². The Bertz CT molecular complexity index is 1160. The topological polar surface area (TPSA) is 122 Å². The molecule has 2 aromatic rings. The Labute approximate surface area is 207 Å². The van der Waals surface area contributed by atoms with E-state index in [9.17, 15) is 9.59 Å². The zero-order chi connectivity index (χ0) is 23.9. The number of nitrogens with zero attached hydrogens (tertiary/aromatic N) is 2. The number of thioether (sulfide) groups is 1. The first-order chi connectivity index (χ1) is 17.1. The number of para-hydroxylation sites is 1. The second kappa shape index (κ2) is 9.18. The maximum Gasteiger partial charge on any atom is 0.326 e. The normalized spacial score (nSPS) is 29.6. The van der Waals surface area contributed by atoms with Crippen LogP contribution >= 0.6 is 11.8 Å². The number of anilines is 1. The summed E-state index contributed by atoms with van der Waals surface area (Å²) < 4.78 is 5.80. The van der Waals surface area contributed by atoms with Gasteiger partial charge in [-0.15, -0.1) is 0 Å². The Balaban J connectivity index is 1.22. The van der Waals surface area contributed by atoms with E-state index in [4.69, 9.17) is 10.5 Å². The molecule has 1 saturated carbocycles. The number of hydrogen-bond donors (Lipinski definition) is 4. The molecule has 0 radical (unpaired) electrons. The number of nitrogens with two attached hydrogens (primary N) is 1. The number of pyridine rings is 1. The zero-order valence-corrected chi connectivity index (χ0v) is 20.0. The van der Waals surface area contributed by atoms with Crippen molar-refractivity contribution in [1.29, 1.82) is 0 Å². The summed E-state index contributed by atoms with van der Waals surface area (Å²) in [5.74, 6) is 1.05. The SMILES string of the molecule is N[C@@H]1CC[C@H](NC(=O)C2=C3NC(=O)N(c4ccc(Oc5ccccc5)nc4)C4CCNC(S2)C34)C1. The Morgan fingerprint density at radius 2 is 2.03 bits per heavy atom. The predicted molar refractivity (Wildman–Crippen MR) is 134 cm³/mol. The number of nitrogens with one attached hydrogen (secondary N) is 3. The standard InChI is InChI=1S/C25H28N6O3S/c26-14-6-7-15(12-14)29-23(32)22-21-20-18(10-11-27-24(20)35-22)31(25(33)30-21)16-8-9-19(28-13-16)34-17-4-2-1-3-5-17/h1-5,8-9,13-15,18,20,24,27H,6-7,10-12,26H2,(H,29,32)(H,30,33)/t14-,15+,18?,20?,24?/m1/s1. The second-order valence-corrected chi connectivity index (χ2v) is 10.6. The van der Waals surface area contributed by atoms with E-state index in [0.717, 1.165) is 37.9 Å². The largest absolute Gasteiger partial charge is 0.439 e. The van der Waals surface area contributed by atoms with Crippen molar-refractivity contribution in [3.63, 3.8) is 0 Å². The molecule has 0 bridgehead atoms. The van der Waals surface area contributed by atoms with Crippen LogP contribution in [0.3, 0.4) is 0 Å². The number of hydrogen-bond acceptors (Lipinski definition) is 7. The molecule has 0 spiro atoms. The van der Waals surface area contributed by atoms with Gasteiger partial charge < -0.3 is 26.4 Å². The van der Waals surface area contributed by atoms with E-state index in [1.165, 1.54) is 11.8 Å². The summed E-state index contributed by atoms with van der Waals surface area (Å²) in [4.78, 5) is 33.3. The Morgan fingerprint density at radius 3 is 2.77 bits per heavy atom. The van der Waals surface area contributed by atoms with Crippen LogP contribution in [0.4, 0.5) is 10.5 Å². The lowest BCUT2D eigenvalue weighted by Crippen LogP contribution is -2.62. The lowest BCUT2D eigenvalue weighted by molar-refractivity contribution is -0.117. The minimum absolute atomic E-state index is 0.00159. The van der Waals surface area contributed by atoms with Crippen LogP contribution in [0.25, 0.3) is 0 Å². The maximum absolute atomic E-state index is 13.3. The fourth-order valence-electron chi connectivity index (χ4n) is 5.51. The molecule has 5 N–H and O–H groups in total. The summed E-state index contributed by atoms with van der Waals surface area (Å²) >= 11 is 1.51. The van der Waals surface area contributed by atoms with Crippen molar-refractivity contribution in [1.82, 2.24) is 20.9 Å². The van der Waals surface area contributed by atoms with E-state index < -0.39 is 0 Å². The molecule has 6 rings (SSSR count). The average Bonchev–Trinajstić information content (AvgIpc) is 3.44. The summed E-state index contributed by atoms with van der Waals surface area (Å²) in [7, 11) is 0. The van der Waals surface area contributed by atoms with Gasteiger partial charge in [0.05, 0.1) is 28.2 Å². The van der Waals surface area contributed by atoms with Gasteiger partial charge in [-0.25, -0.2) is 9.78 Å². The lowest BCUT2D eigenvalue weighted by atomic mass is 9.86. The van der Waals surface area contributed by atoms with Crippen molar-refractivity contribution < 1.29 is 14.3 Å². The highest BCUT2D eigenvalue weighted by atomic mass is 32.2. The van der Waals surface area contributed by atoms with Crippen LogP contribution in [-0.4, -0.2) is 47.0 Å². The molecule has 3 fully saturated rings. The highest BCUT2D eigenvalue weighted by Gasteiger charge is 2.51. The molecule has 1 aromatic heterocycles. The molecule has 1 aliphatic carbocycles. The number of rotatable bonds is 5. The molecule has 3 unspecified atom stereocenters. The fraction of sp³-hybridized carbons (Fsp3) is 0.400. The van der Waals surface area contributed by atoms with Crippen LogP contribution in [0, 0.1) is 5.92 Å². The molecule has 4 heterocycles. The van der Waals surface area contributed by atoms with Gasteiger partial charge in [-0.3, -0.25) is 9.69 Å². The first-order valence-corrected chi connectivity index (χ1v) is 12.9. The van der Waals surface area contributed by atoms with Gasteiger partial charge in [0.1, 0.15) is 5.75 Å². The fourth-order valence-corrected chi connectivity index (χ4v) is 6.91. The summed E-state index contributed by atoms with van der Waals surface area (Å²) in [6, 6.07) is 13.0. The van der Waals surface area contributed by atoms with Gasteiger partial charge in [-0.05, 0) is 50.4 Å². The van der Waals surface area contributed by atoms with Crippen molar-refractivity contribution >= 4 is 29.4 Å². The number of benzene rings is 1. The summed E-state index contributed by atoms with van der Waals surface area (Å²) in [6.45, 7) is 0.769. The van der Waals surface area contributed by atoms with Crippen LogP contribution < -0.4 is 31.3 Å². The van der Waals surface area contributed by atoms with Gasteiger partial charge >= 0.3 is 6.03 Å². The second-order valence-electron chi connectivity index (χ2n) is 9.43. The number of carbonyl (C=O) groups is 2. The summed E-state index contributed by atoms with van der Waals surface area (Å²) in [6.07, 6.45) is 5.07. The summed E-state index contributed by atoms with van der Waals surface area (Å²) in [5, 5.41) is 9.73. The summed E-state index contributed by atoms with van der Waals surface area (Å²) in [5.41, 5.74) is 7.45. The number of urea groups is 1. The zero-order valence-electron chi connectivity index (χ0n) is 19.1. The Hall–Kier alpha value is -3.08. The van der Waals surface area contributed by atoms with Gasteiger partial charge in [0, 0.05) is 29.8 Å². The Kier molecular flexibility index (Phi) is 5.87. The van der Waals surface area contributed by atoms with Crippen LogP contribution in [0.5, 0.6) is 11.6 Å². The van der Waals surface area contributed by atoms with E-state index in [1.54, 1.807) is 17.2 Å². The highest BCUT2D eigenvalue weighted by molar-refractivity contribution is 8.04. The van der Waals surface area contributed by atoms with Crippen molar-refractivity contribution in [3.8, 4) is 11.6 Å². The first-order valence-electron chi connectivity index (χ1n) is 12.1. The molecule has 9 nitrogen and oxygen atoms in total. The minimum atomic E-state index is -0.240. The van der Waals surface area contributed by atoms with Crippen LogP contribution in [-0.2, 0) is 4.79 Å². The number of aromatic nitrogens is 1. The molecule has 182 valence electrons. The van der Waals surface area contributed by atoms with Crippen molar-refractivity contribution in [2.45, 2.75) is 49.2 Å². The van der Waals surface area contributed by atoms with E-state index in [0.29, 0.717) is 22.2 Å². The molecular weight excluding hydrogens is 464 g/mol. The number of amides is 3. The monoisotopic (exact) mass is 492 g/mol. The van der Waals surface area contributed by atoms with Gasteiger partial charge in [-0.1, -0.05) is 30.0 Å². The predicted octanol–water partition coefficient (Wildman–Crippen LogP) is 2.66. The van der Waals surface area contributed by atoms with Crippen molar-refractivity contribution in [2.75, 3.05) is 11.4 Å². The van der Waals surface area contributed by atoms with Gasteiger partial charge in [-0.2, -0.15) is 0 Å². The molecule has 3 aliphatic heterocycles. The third-order valence-corrected chi connectivity index (χ3v) is 8.48. The van der Waals surface area contributed by atoms with Crippen molar-refractivity contribution in [2.24, 2.45) is 11.7 Å². The van der Waals surface area contributed by atoms with Crippen LogP contribution in [0.1, 0.15) is 25.7 Å². The molecule has 1 aromatic carbocycles. The molecule has 4 aliphatic rings. The molecule has 35 heavy (non-hydrogen) atoms. The average molecular weight is 493 g/mol. The van der Waals surface area contributed by atoms with Gasteiger partial charge in [0.15, 0.2) is 0 Å².